The number of nitrogens with one attached hydrogen (secondary N) is 4. The molecule has 1 heterocycles. The van der Waals surface area contributed by atoms with Gasteiger partial charge in [0, 0.05) is 30.3 Å². The van der Waals surface area contributed by atoms with Crippen molar-refractivity contribution >= 4 is 29.6 Å². The number of amidine groups is 1. The van der Waals surface area contributed by atoms with Crippen LogP contribution in [0.4, 0.5) is 0 Å². The van der Waals surface area contributed by atoms with Crippen LogP contribution in [0.25, 0.3) is 0 Å². The minimum absolute atomic E-state index is 0.00248. The van der Waals surface area contributed by atoms with Gasteiger partial charge in [-0.1, -0.05) is 66.5 Å². The van der Waals surface area contributed by atoms with Gasteiger partial charge in [0.25, 0.3) is 0 Å². The predicted molar refractivity (Wildman–Crippen MR) is 140 cm³/mol. The zero-order chi connectivity index (χ0) is 24.9. The number of amides is 2. The van der Waals surface area contributed by atoms with Gasteiger partial charge in [0.05, 0.1) is 12.6 Å². The summed E-state index contributed by atoms with van der Waals surface area (Å²) in [6, 6.07) is 20.5. The Balaban J connectivity index is 1.48. The number of carbonyl (C=O) groups is 2. The molecule has 182 valence electrons. The predicted octanol–water partition coefficient (Wildman–Crippen LogP) is 2.54. The molecule has 3 aromatic rings. The lowest BCUT2D eigenvalue weighted by molar-refractivity contribution is -0.127. The van der Waals surface area contributed by atoms with Crippen molar-refractivity contribution in [3.63, 3.8) is 0 Å². The fourth-order valence-electron chi connectivity index (χ4n) is 3.26. The number of nitrogen functional groups attached to an aromatic ring is 1. The molecule has 2 amide bonds. The molecule has 3 rings (SSSR count). The van der Waals surface area contributed by atoms with Gasteiger partial charge in [-0.2, -0.15) is 0 Å². The first-order valence-corrected chi connectivity index (χ1v) is 12.3. The monoisotopic (exact) mass is 490 g/mol. The molecule has 0 aliphatic carbocycles. The maximum Gasteiger partial charge on any atom is 0.239 e. The number of hydrogen-bond donors (Lipinski definition) is 5. The zero-order valence-electron chi connectivity index (χ0n) is 19.4. The third-order valence-corrected chi connectivity index (χ3v) is 6.20. The third kappa shape index (κ3) is 9.23. The summed E-state index contributed by atoms with van der Waals surface area (Å²) in [5.74, 6) is 0.222. The number of aryl methyl sites for hydroxylation is 1. The largest absolute Gasteiger partial charge is 0.384 e. The Morgan fingerprint density at radius 3 is 2.31 bits per heavy atom. The molecule has 1 atom stereocenters. The van der Waals surface area contributed by atoms with Gasteiger partial charge in [-0.05, 0) is 41.7 Å². The molecule has 0 spiro atoms. The van der Waals surface area contributed by atoms with Crippen LogP contribution in [0.3, 0.4) is 0 Å². The molecule has 35 heavy (non-hydrogen) atoms. The maximum absolute atomic E-state index is 12.9. The van der Waals surface area contributed by atoms with Crippen LogP contribution in [0.1, 0.15) is 28.7 Å². The molecular weight excluding hydrogens is 460 g/mol. The van der Waals surface area contributed by atoms with Gasteiger partial charge >= 0.3 is 0 Å². The van der Waals surface area contributed by atoms with E-state index in [-0.39, 0.29) is 24.2 Å². The molecule has 0 aliphatic rings. The Hall–Kier alpha value is -3.69. The summed E-state index contributed by atoms with van der Waals surface area (Å²) < 4.78 is 3.26. The van der Waals surface area contributed by atoms with Gasteiger partial charge < -0.3 is 16.4 Å². The molecule has 8 nitrogen and oxygen atoms in total. The summed E-state index contributed by atoms with van der Waals surface area (Å²) in [7, 11) is 0. The highest BCUT2D eigenvalue weighted by Crippen LogP contribution is 2.12. The quantitative estimate of drug-likeness (QED) is 0.142. The van der Waals surface area contributed by atoms with Crippen molar-refractivity contribution in [1.29, 1.82) is 5.41 Å². The molecule has 0 radical (unpaired) electrons. The maximum atomic E-state index is 12.9. The Morgan fingerprint density at radius 2 is 1.63 bits per heavy atom. The van der Waals surface area contributed by atoms with E-state index in [4.69, 9.17) is 11.1 Å². The second-order valence-electron chi connectivity index (χ2n) is 7.94. The molecule has 0 fully saturated rings. The summed E-state index contributed by atoms with van der Waals surface area (Å²) in [5.41, 5.74) is 9.22. The lowest BCUT2D eigenvalue weighted by Gasteiger charge is -2.18. The van der Waals surface area contributed by atoms with E-state index in [0.29, 0.717) is 24.9 Å². The fraction of sp³-hybridized carbons (Fsp3) is 0.231. The molecule has 0 saturated carbocycles. The second kappa shape index (κ2) is 13.9. The van der Waals surface area contributed by atoms with Gasteiger partial charge in [-0.25, -0.2) is 0 Å². The first-order valence-electron chi connectivity index (χ1n) is 11.3. The van der Waals surface area contributed by atoms with Gasteiger partial charge in [-0.3, -0.25) is 24.7 Å². The minimum Gasteiger partial charge on any atom is -0.384 e. The van der Waals surface area contributed by atoms with E-state index in [0.717, 1.165) is 22.4 Å². The normalized spacial score (nSPS) is 11.4. The van der Waals surface area contributed by atoms with E-state index in [1.165, 1.54) is 11.9 Å². The van der Waals surface area contributed by atoms with Crippen molar-refractivity contribution < 1.29 is 9.59 Å². The Kier molecular flexibility index (Phi) is 10.3. The van der Waals surface area contributed by atoms with Crippen molar-refractivity contribution in [3.05, 3.63) is 101 Å². The molecule has 0 saturated heterocycles. The highest BCUT2D eigenvalue weighted by molar-refractivity contribution is 7.96. The molecule has 1 aromatic heterocycles. The first kappa shape index (κ1) is 25.9. The average molecular weight is 491 g/mol. The summed E-state index contributed by atoms with van der Waals surface area (Å²) in [6.07, 6.45) is 4.77. The fourth-order valence-corrected chi connectivity index (χ4v) is 4.13. The number of aromatic nitrogens is 1. The molecule has 2 aromatic carbocycles. The van der Waals surface area contributed by atoms with E-state index >= 15 is 0 Å². The van der Waals surface area contributed by atoms with Crippen LogP contribution >= 0.6 is 11.9 Å². The average Bonchev–Trinajstić information content (AvgIpc) is 2.89. The van der Waals surface area contributed by atoms with E-state index in [9.17, 15) is 9.59 Å². The van der Waals surface area contributed by atoms with Gasteiger partial charge in [0.15, 0.2) is 0 Å². The highest BCUT2D eigenvalue weighted by atomic mass is 32.2. The van der Waals surface area contributed by atoms with Crippen LogP contribution < -0.4 is 21.1 Å². The zero-order valence-corrected chi connectivity index (χ0v) is 20.2. The van der Waals surface area contributed by atoms with Crippen molar-refractivity contribution in [2.75, 3.05) is 6.54 Å². The van der Waals surface area contributed by atoms with Crippen LogP contribution in [0.2, 0.25) is 0 Å². The van der Waals surface area contributed by atoms with Crippen molar-refractivity contribution in [3.8, 4) is 0 Å². The summed E-state index contributed by atoms with van der Waals surface area (Å²) in [6.45, 7) is 0.213. The van der Waals surface area contributed by atoms with Crippen molar-refractivity contribution in [1.82, 2.24) is 20.3 Å². The summed E-state index contributed by atoms with van der Waals surface area (Å²) in [5, 5.41) is 13.0. The Morgan fingerprint density at radius 1 is 0.914 bits per heavy atom. The topological polar surface area (TPSA) is 133 Å². The number of nitrogens with zero attached hydrogens (tertiary/aromatic N) is 1. The number of pyridine rings is 1. The summed E-state index contributed by atoms with van der Waals surface area (Å²) >= 11 is 1.48. The van der Waals surface area contributed by atoms with Crippen LogP contribution in [-0.4, -0.2) is 35.2 Å². The van der Waals surface area contributed by atoms with Gasteiger partial charge in [0.1, 0.15) is 5.84 Å². The van der Waals surface area contributed by atoms with E-state index < -0.39 is 6.04 Å². The third-order valence-electron chi connectivity index (χ3n) is 5.27. The lowest BCUT2D eigenvalue weighted by atomic mass is 10.1. The Bertz CT molecular complexity index is 1090. The first-order chi connectivity index (χ1) is 17.0. The highest BCUT2D eigenvalue weighted by Gasteiger charge is 2.19. The smallest absolute Gasteiger partial charge is 0.239 e. The van der Waals surface area contributed by atoms with E-state index in [1.807, 2.05) is 42.5 Å². The molecule has 1 unspecified atom stereocenters. The van der Waals surface area contributed by atoms with Crippen LogP contribution in [-0.2, 0) is 28.3 Å². The van der Waals surface area contributed by atoms with Crippen LogP contribution in [0.15, 0.2) is 79.1 Å². The number of carbonyl (C=O) groups excluding carboxylic acids is 2. The minimum atomic E-state index is -0.455. The molecular formula is C26H30N6O2S. The van der Waals surface area contributed by atoms with E-state index in [2.05, 4.69) is 20.3 Å². The van der Waals surface area contributed by atoms with E-state index in [1.54, 1.807) is 36.7 Å². The van der Waals surface area contributed by atoms with Crippen molar-refractivity contribution in [2.24, 2.45) is 5.73 Å². The van der Waals surface area contributed by atoms with Gasteiger partial charge in [0.2, 0.25) is 11.8 Å². The number of nitrogens with two attached hydrogens (primary N) is 1. The molecule has 6 N–H and O–H groups in total. The van der Waals surface area contributed by atoms with Gasteiger partial charge in [-0.15, -0.1) is 0 Å². The second-order valence-corrected chi connectivity index (χ2v) is 8.76. The van der Waals surface area contributed by atoms with Crippen molar-refractivity contribution in [2.45, 2.75) is 31.2 Å². The number of rotatable bonds is 13. The lowest BCUT2D eigenvalue weighted by Crippen LogP contribution is -2.45. The van der Waals surface area contributed by atoms with Crippen LogP contribution in [0, 0.1) is 5.41 Å². The molecule has 9 heteroatoms. The Labute approximate surface area is 209 Å². The molecule has 0 bridgehead atoms. The standard InChI is InChI=1S/C26H30N6O2S/c27-25(28)22-9-6-20(7-10-22)16-30-24(33)17-31-26(34)23(11-8-19-12-14-29-15-13-19)32-35-18-21-4-2-1-3-5-21/h1-7,9-10,12-15,23,32H,8,11,16-18H2,(H3,27,28)(H,30,33)(H,31,34). The number of benzene rings is 2. The SMILES string of the molecule is N=C(N)c1ccc(CNC(=O)CNC(=O)C(CCc2ccncc2)NSCc2ccccc2)cc1. The number of hydrogen-bond acceptors (Lipinski definition) is 6. The summed E-state index contributed by atoms with van der Waals surface area (Å²) in [4.78, 5) is 29.2. The molecule has 0 aliphatic heterocycles. The van der Waals surface area contributed by atoms with Crippen LogP contribution in [0.5, 0.6) is 0 Å².